The van der Waals surface area contributed by atoms with Crippen LogP contribution in [0.15, 0.2) is 24.3 Å². The highest BCUT2D eigenvalue weighted by molar-refractivity contribution is 5.57. The molecule has 0 radical (unpaired) electrons. The van der Waals surface area contributed by atoms with E-state index in [0.29, 0.717) is 0 Å². The van der Waals surface area contributed by atoms with Crippen molar-refractivity contribution in [1.29, 1.82) is 0 Å². The first-order valence-electron chi connectivity index (χ1n) is 7.62. The van der Waals surface area contributed by atoms with Crippen LogP contribution in [0.5, 0.6) is 0 Å². The van der Waals surface area contributed by atoms with Gasteiger partial charge in [0.1, 0.15) is 0 Å². The van der Waals surface area contributed by atoms with Gasteiger partial charge < -0.3 is 10.6 Å². The summed E-state index contributed by atoms with van der Waals surface area (Å²) < 4.78 is 0. The van der Waals surface area contributed by atoms with Crippen molar-refractivity contribution in [2.45, 2.75) is 52.0 Å². The van der Waals surface area contributed by atoms with E-state index in [2.05, 4.69) is 49.9 Å². The van der Waals surface area contributed by atoms with Crippen molar-refractivity contribution in [2.24, 2.45) is 11.7 Å². The molecule has 0 fully saturated rings. The van der Waals surface area contributed by atoms with E-state index in [-0.39, 0.29) is 5.54 Å². The molecule has 2 heteroatoms. The highest BCUT2D eigenvalue weighted by Crippen LogP contribution is 2.34. The molecule has 1 aromatic carbocycles. The summed E-state index contributed by atoms with van der Waals surface area (Å²) in [4.78, 5) is 2.56. The smallest absolute Gasteiger partial charge is 0.0496 e. The summed E-state index contributed by atoms with van der Waals surface area (Å²) >= 11 is 0. The Labute approximate surface area is 118 Å². The maximum Gasteiger partial charge on any atom is 0.0496 e. The molecule has 1 atom stereocenters. The Balaban J connectivity index is 2.24. The van der Waals surface area contributed by atoms with Crippen LogP contribution in [0.2, 0.25) is 0 Å². The van der Waals surface area contributed by atoms with E-state index in [4.69, 9.17) is 5.73 Å². The standard InChI is InChI=1S/C17H28N2/c1-14(2)10-11-17(3,13-18)19-12-6-8-15-7-4-5-9-16(15)19/h4-5,7,9,14H,6,8,10-13,18H2,1-3H3. The fourth-order valence-corrected chi connectivity index (χ4v) is 3.04. The highest BCUT2D eigenvalue weighted by Gasteiger charge is 2.33. The third-order valence-corrected chi connectivity index (χ3v) is 4.46. The quantitative estimate of drug-likeness (QED) is 0.876. The minimum Gasteiger partial charge on any atom is -0.365 e. The van der Waals surface area contributed by atoms with E-state index < -0.39 is 0 Å². The van der Waals surface area contributed by atoms with Crippen molar-refractivity contribution in [2.75, 3.05) is 18.0 Å². The van der Waals surface area contributed by atoms with E-state index in [1.807, 2.05) is 0 Å². The zero-order chi connectivity index (χ0) is 13.9. The Kier molecular flexibility index (Phi) is 4.51. The molecule has 0 saturated carbocycles. The summed E-state index contributed by atoms with van der Waals surface area (Å²) in [6.07, 6.45) is 4.87. The molecule has 2 nitrogen and oxygen atoms in total. The topological polar surface area (TPSA) is 29.3 Å². The second-order valence-electron chi connectivity index (χ2n) is 6.52. The minimum absolute atomic E-state index is 0.0980. The predicted octanol–water partition coefficient (Wildman–Crippen LogP) is 3.59. The molecule has 19 heavy (non-hydrogen) atoms. The Bertz CT molecular complexity index is 413. The van der Waals surface area contributed by atoms with Crippen LogP contribution in [-0.2, 0) is 6.42 Å². The largest absolute Gasteiger partial charge is 0.365 e. The number of rotatable bonds is 5. The number of aryl methyl sites for hydroxylation is 1. The number of anilines is 1. The van der Waals surface area contributed by atoms with Gasteiger partial charge in [0.2, 0.25) is 0 Å². The first-order chi connectivity index (χ1) is 9.07. The number of fused-ring (bicyclic) bond motifs is 1. The molecule has 1 unspecified atom stereocenters. The van der Waals surface area contributed by atoms with E-state index in [1.165, 1.54) is 36.9 Å². The molecule has 0 amide bonds. The van der Waals surface area contributed by atoms with Gasteiger partial charge in [-0.05, 0) is 50.2 Å². The maximum absolute atomic E-state index is 6.14. The van der Waals surface area contributed by atoms with Crippen molar-refractivity contribution >= 4 is 5.69 Å². The Morgan fingerprint density at radius 3 is 2.74 bits per heavy atom. The van der Waals surface area contributed by atoms with Gasteiger partial charge in [-0.15, -0.1) is 0 Å². The predicted molar refractivity (Wildman–Crippen MR) is 83.6 cm³/mol. The third kappa shape index (κ3) is 3.11. The van der Waals surface area contributed by atoms with Crippen molar-refractivity contribution in [3.05, 3.63) is 29.8 Å². The SMILES string of the molecule is CC(C)CCC(C)(CN)N1CCCc2ccccc21. The van der Waals surface area contributed by atoms with Crippen LogP contribution in [0.25, 0.3) is 0 Å². The Morgan fingerprint density at radius 1 is 1.32 bits per heavy atom. The lowest BCUT2D eigenvalue weighted by atomic mass is 9.87. The molecular weight excluding hydrogens is 232 g/mol. The summed E-state index contributed by atoms with van der Waals surface area (Å²) in [5.74, 6) is 0.742. The first kappa shape index (κ1) is 14.4. The molecule has 1 heterocycles. The first-order valence-corrected chi connectivity index (χ1v) is 7.62. The zero-order valence-electron chi connectivity index (χ0n) is 12.7. The van der Waals surface area contributed by atoms with Crippen molar-refractivity contribution in [3.8, 4) is 0 Å². The van der Waals surface area contributed by atoms with Crippen molar-refractivity contribution in [1.82, 2.24) is 0 Å². The van der Waals surface area contributed by atoms with Crippen LogP contribution in [0.4, 0.5) is 5.69 Å². The van der Waals surface area contributed by atoms with Gasteiger partial charge in [-0.2, -0.15) is 0 Å². The molecule has 0 spiro atoms. The molecular formula is C17H28N2. The molecule has 0 aliphatic carbocycles. The lowest BCUT2D eigenvalue weighted by molar-refractivity contribution is 0.356. The van der Waals surface area contributed by atoms with Crippen LogP contribution in [0.1, 0.15) is 45.6 Å². The van der Waals surface area contributed by atoms with Gasteiger partial charge in [0.25, 0.3) is 0 Å². The van der Waals surface area contributed by atoms with E-state index in [1.54, 1.807) is 0 Å². The molecule has 0 bridgehead atoms. The molecule has 0 aromatic heterocycles. The maximum atomic E-state index is 6.14. The summed E-state index contributed by atoms with van der Waals surface area (Å²) in [6.45, 7) is 8.79. The molecule has 106 valence electrons. The average Bonchev–Trinajstić information content (AvgIpc) is 2.44. The van der Waals surface area contributed by atoms with E-state index in [0.717, 1.165) is 19.0 Å². The molecule has 1 aliphatic heterocycles. The number of hydrogen-bond donors (Lipinski definition) is 1. The van der Waals surface area contributed by atoms with Crippen molar-refractivity contribution < 1.29 is 0 Å². The Hall–Kier alpha value is -1.02. The van der Waals surface area contributed by atoms with Gasteiger partial charge in [-0.1, -0.05) is 32.0 Å². The lowest BCUT2D eigenvalue weighted by Gasteiger charge is -2.46. The van der Waals surface area contributed by atoms with E-state index in [9.17, 15) is 0 Å². The van der Waals surface area contributed by atoms with Crippen molar-refractivity contribution in [3.63, 3.8) is 0 Å². The summed E-state index contributed by atoms with van der Waals surface area (Å²) in [7, 11) is 0. The number of para-hydroxylation sites is 1. The fourth-order valence-electron chi connectivity index (χ4n) is 3.04. The second-order valence-corrected chi connectivity index (χ2v) is 6.52. The zero-order valence-corrected chi connectivity index (χ0v) is 12.7. The number of hydrogen-bond acceptors (Lipinski definition) is 2. The van der Waals surface area contributed by atoms with Crippen LogP contribution in [0, 0.1) is 5.92 Å². The molecule has 2 N–H and O–H groups in total. The van der Waals surface area contributed by atoms with Gasteiger partial charge in [0, 0.05) is 24.3 Å². The summed E-state index contributed by atoms with van der Waals surface area (Å²) in [5, 5.41) is 0. The van der Waals surface area contributed by atoms with Crippen LogP contribution in [0.3, 0.4) is 0 Å². The van der Waals surface area contributed by atoms with Gasteiger partial charge in [0.05, 0.1) is 0 Å². The molecule has 0 saturated heterocycles. The number of benzene rings is 1. The van der Waals surface area contributed by atoms with Gasteiger partial charge >= 0.3 is 0 Å². The van der Waals surface area contributed by atoms with Crippen LogP contribution < -0.4 is 10.6 Å². The minimum atomic E-state index is 0.0980. The molecule has 1 aromatic rings. The lowest BCUT2D eigenvalue weighted by Crippen LogP contribution is -2.54. The number of nitrogens with zero attached hydrogens (tertiary/aromatic N) is 1. The fraction of sp³-hybridized carbons (Fsp3) is 0.647. The molecule has 1 aliphatic rings. The van der Waals surface area contributed by atoms with Crippen LogP contribution in [-0.4, -0.2) is 18.6 Å². The Morgan fingerprint density at radius 2 is 2.05 bits per heavy atom. The monoisotopic (exact) mass is 260 g/mol. The second kappa shape index (κ2) is 5.96. The third-order valence-electron chi connectivity index (χ3n) is 4.46. The van der Waals surface area contributed by atoms with Gasteiger partial charge in [0.15, 0.2) is 0 Å². The average molecular weight is 260 g/mol. The summed E-state index contributed by atoms with van der Waals surface area (Å²) in [6, 6.07) is 8.82. The highest BCUT2D eigenvalue weighted by atomic mass is 15.2. The summed E-state index contributed by atoms with van der Waals surface area (Å²) in [5.41, 5.74) is 9.13. The number of nitrogens with two attached hydrogens (primary N) is 1. The normalized spacial score (nSPS) is 18.3. The van der Waals surface area contributed by atoms with E-state index >= 15 is 0 Å². The van der Waals surface area contributed by atoms with Crippen LogP contribution >= 0.6 is 0 Å². The van der Waals surface area contributed by atoms with Gasteiger partial charge in [-0.25, -0.2) is 0 Å². The molecule has 2 rings (SSSR count). The van der Waals surface area contributed by atoms with Gasteiger partial charge in [-0.3, -0.25) is 0 Å².